The number of carbonyl (C=O) groups excluding carboxylic acids is 1. The van der Waals surface area contributed by atoms with Crippen molar-refractivity contribution in [2.75, 3.05) is 0 Å². The number of amides is 1. The number of rotatable bonds is 6. The van der Waals surface area contributed by atoms with Gasteiger partial charge in [0.15, 0.2) is 5.82 Å². The fraction of sp³-hybridized carbons (Fsp3) is 0.292. The van der Waals surface area contributed by atoms with Gasteiger partial charge in [0.25, 0.3) is 5.91 Å². The van der Waals surface area contributed by atoms with Crippen LogP contribution < -0.4 is 5.32 Å². The third kappa shape index (κ3) is 4.16. The van der Waals surface area contributed by atoms with Gasteiger partial charge >= 0.3 is 0 Å². The van der Waals surface area contributed by atoms with Gasteiger partial charge in [0.05, 0.1) is 11.4 Å². The number of aryl methyl sites for hydroxylation is 4. The molecule has 8 heteroatoms. The smallest absolute Gasteiger partial charge is 0.251 e. The molecule has 4 aromatic rings. The maximum absolute atomic E-state index is 13.2. The molecular weight excluding hydrogens is 402 g/mol. The summed E-state index contributed by atoms with van der Waals surface area (Å²) in [5.41, 5.74) is 7.43. The molecule has 0 bridgehead atoms. The largest absolute Gasteiger partial charge is 0.348 e. The second-order valence-electron chi connectivity index (χ2n) is 7.95. The molecular formula is C24H27N7O. The van der Waals surface area contributed by atoms with Gasteiger partial charge in [0, 0.05) is 36.8 Å². The molecule has 0 saturated heterocycles. The lowest BCUT2D eigenvalue weighted by molar-refractivity contribution is 0.0951. The zero-order valence-electron chi connectivity index (χ0n) is 19.0. The van der Waals surface area contributed by atoms with E-state index in [4.69, 9.17) is 0 Å². The van der Waals surface area contributed by atoms with Gasteiger partial charge in [-0.1, -0.05) is 36.8 Å². The maximum Gasteiger partial charge on any atom is 0.251 e. The second kappa shape index (κ2) is 8.74. The van der Waals surface area contributed by atoms with E-state index in [-0.39, 0.29) is 5.91 Å². The highest BCUT2D eigenvalue weighted by molar-refractivity contribution is 5.96. The van der Waals surface area contributed by atoms with Crippen molar-refractivity contribution >= 4 is 5.91 Å². The molecule has 32 heavy (non-hydrogen) atoms. The van der Waals surface area contributed by atoms with Crippen LogP contribution in [0.25, 0.3) is 16.8 Å². The average Bonchev–Trinajstić information content (AvgIpc) is 3.36. The fourth-order valence-corrected chi connectivity index (χ4v) is 3.75. The van der Waals surface area contributed by atoms with Crippen molar-refractivity contribution in [3.05, 3.63) is 76.4 Å². The Morgan fingerprint density at radius 3 is 2.44 bits per heavy atom. The number of hydrogen-bond donors (Lipinski definition) is 1. The van der Waals surface area contributed by atoms with Crippen LogP contribution in [0.3, 0.4) is 0 Å². The SMILES string of the molecule is CCc1nnnn1-c1cc(C(=O)NCc2c(C)nn(C)c2C)cc(-c2ccc(C)cc2)c1. The first-order chi connectivity index (χ1) is 15.4. The predicted molar refractivity (Wildman–Crippen MR) is 123 cm³/mol. The third-order valence-electron chi connectivity index (χ3n) is 5.74. The van der Waals surface area contributed by atoms with Crippen molar-refractivity contribution in [2.45, 2.75) is 40.7 Å². The molecule has 0 unspecified atom stereocenters. The van der Waals surface area contributed by atoms with Crippen molar-refractivity contribution < 1.29 is 4.79 Å². The van der Waals surface area contributed by atoms with Crippen molar-refractivity contribution in [1.29, 1.82) is 0 Å². The first kappa shape index (κ1) is 21.4. The Morgan fingerprint density at radius 2 is 1.78 bits per heavy atom. The van der Waals surface area contributed by atoms with Crippen LogP contribution in [0.15, 0.2) is 42.5 Å². The molecule has 0 radical (unpaired) electrons. The Hall–Kier alpha value is -3.81. The lowest BCUT2D eigenvalue weighted by Gasteiger charge is -2.12. The van der Waals surface area contributed by atoms with Crippen LogP contribution in [0.1, 0.15) is 45.6 Å². The number of nitrogens with zero attached hydrogens (tertiary/aromatic N) is 6. The highest BCUT2D eigenvalue weighted by Crippen LogP contribution is 2.25. The number of aromatic nitrogens is 6. The van der Waals surface area contributed by atoms with Gasteiger partial charge in [-0.2, -0.15) is 9.78 Å². The fourth-order valence-electron chi connectivity index (χ4n) is 3.75. The van der Waals surface area contributed by atoms with E-state index in [0.29, 0.717) is 18.5 Å². The first-order valence-corrected chi connectivity index (χ1v) is 10.6. The molecule has 0 aliphatic heterocycles. The van der Waals surface area contributed by atoms with E-state index >= 15 is 0 Å². The van der Waals surface area contributed by atoms with Crippen LogP contribution in [-0.4, -0.2) is 35.9 Å². The van der Waals surface area contributed by atoms with Crippen molar-refractivity contribution in [3.8, 4) is 16.8 Å². The van der Waals surface area contributed by atoms with Gasteiger partial charge < -0.3 is 5.32 Å². The Balaban J connectivity index is 1.71. The minimum atomic E-state index is -0.158. The molecule has 1 N–H and O–H groups in total. The number of carbonyl (C=O) groups is 1. The normalized spacial score (nSPS) is 11.0. The van der Waals surface area contributed by atoms with Crippen molar-refractivity contribution in [3.63, 3.8) is 0 Å². The maximum atomic E-state index is 13.2. The summed E-state index contributed by atoms with van der Waals surface area (Å²) >= 11 is 0. The summed E-state index contributed by atoms with van der Waals surface area (Å²) in [6.07, 6.45) is 0.683. The first-order valence-electron chi connectivity index (χ1n) is 10.6. The zero-order chi connectivity index (χ0) is 22.8. The number of hydrogen-bond acceptors (Lipinski definition) is 5. The summed E-state index contributed by atoms with van der Waals surface area (Å²) in [7, 11) is 1.91. The number of tetrazole rings is 1. The van der Waals surface area contributed by atoms with E-state index in [1.807, 2.05) is 50.7 Å². The van der Waals surface area contributed by atoms with E-state index in [1.54, 1.807) is 4.68 Å². The van der Waals surface area contributed by atoms with E-state index in [1.165, 1.54) is 5.56 Å². The monoisotopic (exact) mass is 429 g/mol. The molecule has 2 aromatic heterocycles. The molecule has 0 spiro atoms. The summed E-state index contributed by atoms with van der Waals surface area (Å²) in [4.78, 5) is 13.2. The lowest BCUT2D eigenvalue weighted by atomic mass is 10.0. The Morgan fingerprint density at radius 1 is 1.03 bits per heavy atom. The highest BCUT2D eigenvalue weighted by Gasteiger charge is 2.16. The van der Waals surface area contributed by atoms with E-state index in [0.717, 1.165) is 39.6 Å². The van der Waals surface area contributed by atoms with Crippen LogP contribution in [0.4, 0.5) is 0 Å². The van der Waals surface area contributed by atoms with Crippen molar-refractivity contribution in [2.24, 2.45) is 7.05 Å². The van der Waals surface area contributed by atoms with Crippen LogP contribution in [0.2, 0.25) is 0 Å². The topological polar surface area (TPSA) is 90.5 Å². The molecule has 0 atom stereocenters. The summed E-state index contributed by atoms with van der Waals surface area (Å²) in [6.45, 7) is 8.42. The molecule has 0 aliphatic carbocycles. The van der Waals surface area contributed by atoms with Gasteiger partial charge in [-0.3, -0.25) is 9.48 Å². The van der Waals surface area contributed by atoms with Gasteiger partial charge in [0.2, 0.25) is 0 Å². The van der Waals surface area contributed by atoms with E-state index in [2.05, 4.69) is 57.1 Å². The van der Waals surface area contributed by atoms with Crippen LogP contribution in [0, 0.1) is 20.8 Å². The average molecular weight is 430 g/mol. The van der Waals surface area contributed by atoms with Crippen LogP contribution in [-0.2, 0) is 20.0 Å². The Kier molecular flexibility index (Phi) is 5.85. The molecule has 0 aliphatic rings. The molecule has 0 saturated carbocycles. The van der Waals surface area contributed by atoms with E-state index < -0.39 is 0 Å². The van der Waals surface area contributed by atoms with Gasteiger partial charge in [-0.25, -0.2) is 0 Å². The zero-order valence-corrected chi connectivity index (χ0v) is 19.0. The second-order valence-corrected chi connectivity index (χ2v) is 7.95. The standard InChI is InChI=1S/C24H27N7O/c1-6-23-26-28-29-31(23)21-12-19(18-9-7-15(2)8-10-18)11-20(13-21)24(32)25-14-22-16(3)27-30(5)17(22)4/h7-13H,6,14H2,1-5H3,(H,25,32). The van der Waals surface area contributed by atoms with Gasteiger partial charge in [-0.15, -0.1) is 5.10 Å². The predicted octanol–water partition coefficient (Wildman–Crippen LogP) is 3.48. The van der Waals surface area contributed by atoms with E-state index in [9.17, 15) is 4.79 Å². The summed E-state index contributed by atoms with van der Waals surface area (Å²) in [5.74, 6) is 0.577. The quantitative estimate of drug-likeness (QED) is 0.507. The molecule has 8 nitrogen and oxygen atoms in total. The Labute approximate surface area is 187 Å². The Bertz CT molecular complexity index is 1270. The lowest BCUT2D eigenvalue weighted by Crippen LogP contribution is -2.23. The van der Waals surface area contributed by atoms with Crippen molar-refractivity contribution in [1.82, 2.24) is 35.3 Å². The molecule has 164 valence electrons. The van der Waals surface area contributed by atoms with Crippen LogP contribution >= 0.6 is 0 Å². The minimum Gasteiger partial charge on any atom is -0.348 e. The molecule has 0 fully saturated rings. The summed E-state index contributed by atoms with van der Waals surface area (Å²) in [5, 5.41) is 19.5. The van der Waals surface area contributed by atoms with Gasteiger partial charge in [0.1, 0.15) is 0 Å². The number of nitrogens with one attached hydrogen (secondary N) is 1. The molecule has 1 amide bonds. The molecule has 2 aromatic carbocycles. The third-order valence-corrected chi connectivity index (χ3v) is 5.74. The van der Waals surface area contributed by atoms with Crippen LogP contribution in [0.5, 0.6) is 0 Å². The highest BCUT2D eigenvalue weighted by atomic mass is 16.1. The number of benzene rings is 2. The minimum absolute atomic E-state index is 0.158. The summed E-state index contributed by atoms with van der Waals surface area (Å²) < 4.78 is 3.51. The molecule has 2 heterocycles. The van der Waals surface area contributed by atoms with Gasteiger partial charge in [-0.05, 0) is 60.5 Å². The molecule has 4 rings (SSSR count). The summed E-state index contributed by atoms with van der Waals surface area (Å²) in [6, 6.07) is 14.0.